The SMILES string of the molecule is Nc1cncc2c(N)cccc12. The smallest absolute Gasteiger partial charge is 0.0581 e. The highest BCUT2D eigenvalue weighted by molar-refractivity contribution is 5.98. The van der Waals surface area contributed by atoms with Crippen LogP contribution in [0.3, 0.4) is 0 Å². The van der Waals surface area contributed by atoms with E-state index in [9.17, 15) is 0 Å². The molecular formula is C9H9N3. The van der Waals surface area contributed by atoms with Gasteiger partial charge in [0, 0.05) is 22.7 Å². The topological polar surface area (TPSA) is 64.9 Å². The predicted octanol–water partition coefficient (Wildman–Crippen LogP) is 1.40. The largest absolute Gasteiger partial charge is 0.398 e. The maximum absolute atomic E-state index is 5.73. The Kier molecular flexibility index (Phi) is 1.37. The van der Waals surface area contributed by atoms with E-state index in [0.29, 0.717) is 11.4 Å². The van der Waals surface area contributed by atoms with Gasteiger partial charge in [0.15, 0.2) is 0 Å². The molecule has 0 atom stereocenters. The number of aromatic nitrogens is 1. The molecule has 0 aliphatic rings. The maximum atomic E-state index is 5.73. The van der Waals surface area contributed by atoms with Crippen LogP contribution in [0.25, 0.3) is 10.8 Å². The van der Waals surface area contributed by atoms with Crippen LogP contribution in [0.15, 0.2) is 30.6 Å². The number of nitrogens with two attached hydrogens (primary N) is 2. The third-order valence-corrected chi connectivity index (χ3v) is 1.87. The van der Waals surface area contributed by atoms with Crippen LogP contribution in [-0.4, -0.2) is 4.98 Å². The highest BCUT2D eigenvalue weighted by atomic mass is 14.7. The summed E-state index contributed by atoms with van der Waals surface area (Å²) in [7, 11) is 0. The molecule has 0 radical (unpaired) electrons. The Balaban J connectivity index is 2.94. The number of hydrogen-bond acceptors (Lipinski definition) is 3. The molecule has 12 heavy (non-hydrogen) atoms. The van der Waals surface area contributed by atoms with Gasteiger partial charge in [-0.15, -0.1) is 0 Å². The lowest BCUT2D eigenvalue weighted by molar-refractivity contribution is 1.37. The van der Waals surface area contributed by atoms with Crippen LogP contribution in [0.2, 0.25) is 0 Å². The standard InChI is InChI=1S/C9H9N3/c10-8-3-1-2-6-7(8)4-12-5-9(6)11/h1-5H,10-11H2. The number of nitrogen functional groups attached to an aromatic ring is 2. The lowest BCUT2D eigenvalue weighted by atomic mass is 10.1. The summed E-state index contributed by atoms with van der Waals surface area (Å²) in [4.78, 5) is 3.97. The average Bonchev–Trinajstić information content (AvgIpc) is 2.07. The lowest BCUT2D eigenvalue weighted by Gasteiger charge is -2.02. The predicted molar refractivity (Wildman–Crippen MR) is 50.6 cm³/mol. The zero-order valence-electron chi connectivity index (χ0n) is 6.49. The zero-order chi connectivity index (χ0) is 8.55. The fourth-order valence-corrected chi connectivity index (χ4v) is 1.24. The van der Waals surface area contributed by atoms with E-state index in [1.165, 1.54) is 0 Å². The molecule has 0 saturated heterocycles. The Morgan fingerprint density at radius 1 is 0.917 bits per heavy atom. The van der Waals surface area contributed by atoms with Crippen molar-refractivity contribution < 1.29 is 0 Å². The number of fused-ring (bicyclic) bond motifs is 1. The quantitative estimate of drug-likeness (QED) is 0.571. The third-order valence-electron chi connectivity index (χ3n) is 1.87. The number of nitrogens with zero attached hydrogens (tertiary/aromatic N) is 1. The first-order chi connectivity index (χ1) is 5.79. The second-order valence-corrected chi connectivity index (χ2v) is 2.67. The summed E-state index contributed by atoms with van der Waals surface area (Å²) < 4.78 is 0. The minimum atomic E-state index is 0.666. The van der Waals surface area contributed by atoms with Crippen LogP contribution in [0, 0.1) is 0 Å². The van der Waals surface area contributed by atoms with Gasteiger partial charge in [0.05, 0.1) is 11.9 Å². The first-order valence-corrected chi connectivity index (χ1v) is 3.67. The molecular weight excluding hydrogens is 150 g/mol. The summed E-state index contributed by atoms with van der Waals surface area (Å²) in [5, 5.41) is 1.88. The number of benzene rings is 1. The molecule has 60 valence electrons. The summed E-state index contributed by atoms with van der Waals surface area (Å²) in [5.41, 5.74) is 12.8. The van der Waals surface area contributed by atoms with Gasteiger partial charge in [0.25, 0.3) is 0 Å². The van der Waals surface area contributed by atoms with Gasteiger partial charge in [0.2, 0.25) is 0 Å². The molecule has 0 spiro atoms. The first kappa shape index (κ1) is 6.91. The monoisotopic (exact) mass is 159 g/mol. The molecule has 0 aliphatic carbocycles. The average molecular weight is 159 g/mol. The van der Waals surface area contributed by atoms with Crippen molar-refractivity contribution in [3.8, 4) is 0 Å². The summed E-state index contributed by atoms with van der Waals surface area (Å²) in [6.07, 6.45) is 3.35. The van der Waals surface area contributed by atoms with Gasteiger partial charge in [-0.3, -0.25) is 4.98 Å². The van der Waals surface area contributed by atoms with E-state index in [1.807, 2.05) is 18.2 Å². The fraction of sp³-hybridized carbons (Fsp3) is 0. The summed E-state index contributed by atoms with van der Waals surface area (Å²) in [5.74, 6) is 0. The molecule has 1 heterocycles. The molecule has 0 bridgehead atoms. The van der Waals surface area contributed by atoms with E-state index >= 15 is 0 Å². The molecule has 0 amide bonds. The van der Waals surface area contributed by atoms with Crippen molar-refractivity contribution in [2.24, 2.45) is 0 Å². The van der Waals surface area contributed by atoms with Crippen molar-refractivity contribution in [2.45, 2.75) is 0 Å². The van der Waals surface area contributed by atoms with E-state index in [1.54, 1.807) is 12.4 Å². The number of hydrogen-bond donors (Lipinski definition) is 2. The Morgan fingerprint density at radius 2 is 1.75 bits per heavy atom. The Bertz CT molecular complexity index is 382. The molecule has 0 aliphatic heterocycles. The molecule has 2 rings (SSSR count). The van der Waals surface area contributed by atoms with Gasteiger partial charge in [-0.2, -0.15) is 0 Å². The number of rotatable bonds is 0. The fourth-order valence-electron chi connectivity index (χ4n) is 1.24. The van der Waals surface area contributed by atoms with Crippen molar-refractivity contribution >= 4 is 22.1 Å². The number of pyridine rings is 1. The van der Waals surface area contributed by atoms with Gasteiger partial charge in [-0.25, -0.2) is 0 Å². The Morgan fingerprint density at radius 3 is 2.50 bits per heavy atom. The highest BCUT2D eigenvalue weighted by Crippen LogP contribution is 2.23. The first-order valence-electron chi connectivity index (χ1n) is 3.67. The van der Waals surface area contributed by atoms with Crippen molar-refractivity contribution in [1.29, 1.82) is 0 Å². The van der Waals surface area contributed by atoms with E-state index in [0.717, 1.165) is 10.8 Å². The van der Waals surface area contributed by atoms with E-state index < -0.39 is 0 Å². The van der Waals surface area contributed by atoms with E-state index in [2.05, 4.69) is 4.98 Å². The summed E-state index contributed by atoms with van der Waals surface area (Å²) in [6.45, 7) is 0. The molecule has 1 aromatic carbocycles. The van der Waals surface area contributed by atoms with Crippen LogP contribution in [0.5, 0.6) is 0 Å². The van der Waals surface area contributed by atoms with E-state index in [4.69, 9.17) is 11.5 Å². The normalized spacial score (nSPS) is 10.3. The van der Waals surface area contributed by atoms with Crippen LogP contribution in [-0.2, 0) is 0 Å². The van der Waals surface area contributed by atoms with Gasteiger partial charge >= 0.3 is 0 Å². The molecule has 3 nitrogen and oxygen atoms in total. The van der Waals surface area contributed by atoms with Crippen molar-refractivity contribution in [1.82, 2.24) is 4.98 Å². The molecule has 0 unspecified atom stereocenters. The van der Waals surface area contributed by atoms with Crippen molar-refractivity contribution in [2.75, 3.05) is 11.5 Å². The summed E-state index contributed by atoms with van der Waals surface area (Å²) in [6, 6.07) is 5.65. The summed E-state index contributed by atoms with van der Waals surface area (Å²) >= 11 is 0. The lowest BCUT2D eigenvalue weighted by Crippen LogP contribution is -1.91. The zero-order valence-corrected chi connectivity index (χ0v) is 6.49. The number of anilines is 2. The van der Waals surface area contributed by atoms with Gasteiger partial charge in [-0.05, 0) is 6.07 Å². The van der Waals surface area contributed by atoms with Crippen molar-refractivity contribution in [3.05, 3.63) is 30.6 Å². The maximum Gasteiger partial charge on any atom is 0.0581 e. The second-order valence-electron chi connectivity index (χ2n) is 2.67. The van der Waals surface area contributed by atoms with Crippen LogP contribution in [0.1, 0.15) is 0 Å². The van der Waals surface area contributed by atoms with Crippen LogP contribution in [0.4, 0.5) is 11.4 Å². The van der Waals surface area contributed by atoms with Crippen molar-refractivity contribution in [3.63, 3.8) is 0 Å². The molecule has 3 heteroatoms. The minimum absolute atomic E-state index is 0.666. The molecule has 1 aromatic heterocycles. The van der Waals surface area contributed by atoms with Crippen LogP contribution >= 0.6 is 0 Å². The van der Waals surface area contributed by atoms with Gasteiger partial charge < -0.3 is 11.5 Å². The second kappa shape index (κ2) is 2.37. The Hall–Kier alpha value is -1.77. The molecule has 2 aromatic rings. The Labute approximate surface area is 70.0 Å². The minimum Gasteiger partial charge on any atom is -0.398 e. The molecule has 0 fully saturated rings. The molecule has 0 saturated carbocycles. The molecule has 4 N–H and O–H groups in total. The van der Waals surface area contributed by atoms with Crippen LogP contribution < -0.4 is 11.5 Å². The van der Waals surface area contributed by atoms with Gasteiger partial charge in [0.1, 0.15) is 0 Å². The van der Waals surface area contributed by atoms with Gasteiger partial charge in [-0.1, -0.05) is 12.1 Å². The van der Waals surface area contributed by atoms with E-state index in [-0.39, 0.29) is 0 Å². The highest BCUT2D eigenvalue weighted by Gasteiger charge is 1.99. The third kappa shape index (κ3) is 0.871.